The lowest BCUT2D eigenvalue weighted by Crippen LogP contribution is -2.20. The van der Waals surface area contributed by atoms with Gasteiger partial charge in [0.15, 0.2) is 0 Å². The molecule has 2 aromatic carbocycles. The Morgan fingerprint density at radius 1 is 0.895 bits per heavy atom. The number of fused-ring (bicyclic) bond motifs is 1. The van der Waals surface area contributed by atoms with Gasteiger partial charge in [0.05, 0.1) is 10.0 Å². The Labute approximate surface area is 123 Å². The van der Waals surface area contributed by atoms with E-state index in [1.807, 2.05) is 12.1 Å². The van der Waals surface area contributed by atoms with Crippen molar-refractivity contribution in [1.82, 2.24) is 0 Å². The lowest BCUT2D eigenvalue weighted by atomic mass is 9.77. The number of rotatable bonds is 1. The maximum Gasteiger partial charge on any atom is 0.0595 e. The predicted octanol–water partition coefficient (Wildman–Crippen LogP) is 4.92. The second-order valence-electron chi connectivity index (χ2n) is 5.04. The summed E-state index contributed by atoms with van der Waals surface area (Å²) in [5.41, 5.74) is 9.98. The van der Waals surface area contributed by atoms with E-state index in [4.69, 9.17) is 28.9 Å². The van der Waals surface area contributed by atoms with Gasteiger partial charge in [-0.2, -0.15) is 0 Å². The van der Waals surface area contributed by atoms with E-state index in [-0.39, 0.29) is 6.04 Å². The zero-order chi connectivity index (χ0) is 13.4. The summed E-state index contributed by atoms with van der Waals surface area (Å²) in [4.78, 5) is 0. The number of hydrogen-bond acceptors (Lipinski definition) is 1. The van der Waals surface area contributed by atoms with Crippen LogP contribution in [0.2, 0.25) is 10.0 Å². The minimum Gasteiger partial charge on any atom is -0.324 e. The average molecular weight is 292 g/mol. The first-order chi connectivity index (χ1) is 9.16. The smallest absolute Gasteiger partial charge is 0.0595 e. The molecular weight excluding hydrogens is 277 g/mol. The molecule has 2 atom stereocenters. The van der Waals surface area contributed by atoms with Crippen LogP contribution >= 0.6 is 23.2 Å². The average Bonchev–Trinajstić information content (AvgIpc) is 2.43. The van der Waals surface area contributed by atoms with Crippen molar-refractivity contribution in [1.29, 1.82) is 0 Å². The molecule has 1 aliphatic rings. The van der Waals surface area contributed by atoms with Gasteiger partial charge in [-0.25, -0.2) is 0 Å². The third-order valence-corrected chi connectivity index (χ3v) is 4.62. The minimum atomic E-state index is 0.148. The van der Waals surface area contributed by atoms with Gasteiger partial charge in [-0.05, 0) is 41.7 Å². The van der Waals surface area contributed by atoms with Crippen LogP contribution in [0.25, 0.3) is 0 Å². The Morgan fingerprint density at radius 3 is 2.37 bits per heavy atom. The highest BCUT2D eigenvalue weighted by Gasteiger charge is 2.26. The van der Waals surface area contributed by atoms with Crippen molar-refractivity contribution < 1.29 is 0 Å². The fourth-order valence-corrected chi connectivity index (χ4v) is 3.21. The summed E-state index contributed by atoms with van der Waals surface area (Å²) < 4.78 is 0. The molecule has 0 heterocycles. The Bertz CT molecular complexity index is 609. The molecule has 2 aromatic rings. The van der Waals surface area contributed by atoms with Crippen molar-refractivity contribution in [3.05, 3.63) is 69.2 Å². The summed E-state index contributed by atoms with van der Waals surface area (Å²) in [5, 5.41) is 1.22. The Balaban J connectivity index is 2.07. The molecule has 1 nitrogen and oxygen atoms in total. The van der Waals surface area contributed by atoms with E-state index in [0.29, 0.717) is 16.0 Å². The molecule has 0 aromatic heterocycles. The van der Waals surface area contributed by atoms with Crippen LogP contribution in [0, 0.1) is 0 Å². The lowest BCUT2D eigenvalue weighted by Gasteiger charge is -2.30. The third kappa shape index (κ3) is 2.38. The molecule has 0 aliphatic heterocycles. The monoisotopic (exact) mass is 291 g/mol. The second kappa shape index (κ2) is 5.16. The van der Waals surface area contributed by atoms with Crippen LogP contribution in [0.4, 0.5) is 0 Å². The summed E-state index contributed by atoms with van der Waals surface area (Å²) in [6.07, 6.45) is 2.05. The molecule has 0 saturated heterocycles. The van der Waals surface area contributed by atoms with Crippen LogP contribution in [-0.2, 0) is 0 Å². The molecule has 19 heavy (non-hydrogen) atoms. The molecule has 2 unspecified atom stereocenters. The van der Waals surface area contributed by atoms with E-state index in [0.717, 1.165) is 12.8 Å². The minimum absolute atomic E-state index is 0.148. The van der Waals surface area contributed by atoms with Crippen LogP contribution in [0.15, 0.2) is 42.5 Å². The predicted molar refractivity (Wildman–Crippen MR) is 80.9 cm³/mol. The maximum atomic E-state index is 6.19. The number of benzene rings is 2. The first kappa shape index (κ1) is 13.0. The maximum absolute atomic E-state index is 6.19. The summed E-state index contributed by atoms with van der Waals surface area (Å²) in [5.74, 6) is 0.366. The van der Waals surface area contributed by atoms with Crippen LogP contribution in [0.1, 0.15) is 41.5 Å². The molecule has 0 bridgehead atoms. The zero-order valence-electron chi connectivity index (χ0n) is 10.4. The van der Waals surface area contributed by atoms with Gasteiger partial charge in [-0.15, -0.1) is 0 Å². The molecule has 98 valence electrons. The van der Waals surface area contributed by atoms with Crippen molar-refractivity contribution in [2.24, 2.45) is 5.73 Å². The second-order valence-corrected chi connectivity index (χ2v) is 5.85. The van der Waals surface area contributed by atoms with Crippen LogP contribution in [0.3, 0.4) is 0 Å². The number of nitrogens with two attached hydrogens (primary N) is 1. The van der Waals surface area contributed by atoms with Crippen molar-refractivity contribution in [2.45, 2.75) is 24.8 Å². The fraction of sp³-hybridized carbons (Fsp3) is 0.250. The molecule has 0 saturated carbocycles. The van der Waals surface area contributed by atoms with E-state index in [2.05, 4.69) is 30.3 Å². The highest BCUT2D eigenvalue weighted by atomic mass is 35.5. The largest absolute Gasteiger partial charge is 0.324 e. The fourth-order valence-electron chi connectivity index (χ4n) is 2.90. The molecule has 3 rings (SSSR count). The van der Waals surface area contributed by atoms with Gasteiger partial charge in [0, 0.05) is 12.0 Å². The summed E-state index contributed by atoms with van der Waals surface area (Å²) in [6, 6.07) is 14.5. The lowest BCUT2D eigenvalue weighted by molar-refractivity contribution is 0.530. The van der Waals surface area contributed by atoms with Gasteiger partial charge in [0.25, 0.3) is 0 Å². The summed E-state index contributed by atoms with van der Waals surface area (Å²) in [6.45, 7) is 0. The molecular formula is C16H15Cl2N. The summed E-state index contributed by atoms with van der Waals surface area (Å²) in [7, 11) is 0. The van der Waals surface area contributed by atoms with Crippen LogP contribution < -0.4 is 5.73 Å². The molecule has 0 spiro atoms. The van der Waals surface area contributed by atoms with Gasteiger partial charge in [-0.1, -0.05) is 53.5 Å². The number of hydrogen-bond donors (Lipinski definition) is 1. The Morgan fingerprint density at radius 2 is 1.63 bits per heavy atom. The Hall–Kier alpha value is -1.02. The molecule has 3 heteroatoms. The van der Waals surface area contributed by atoms with E-state index in [9.17, 15) is 0 Å². The van der Waals surface area contributed by atoms with Crippen molar-refractivity contribution in [3.8, 4) is 0 Å². The van der Waals surface area contributed by atoms with E-state index >= 15 is 0 Å². The summed E-state index contributed by atoms with van der Waals surface area (Å²) >= 11 is 12.1. The molecule has 1 aliphatic carbocycles. The van der Waals surface area contributed by atoms with E-state index in [1.165, 1.54) is 16.7 Å². The van der Waals surface area contributed by atoms with Crippen LogP contribution in [0.5, 0.6) is 0 Å². The highest BCUT2D eigenvalue weighted by Crippen LogP contribution is 2.41. The van der Waals surface area contributed by atoms with Gasteiger partial charge in [-0.3, -0.25) is 0 Å². The number of halogens is 2. The highest BCUT2D eigenvalue weighted by molar-refractivity contribution is 6.42. The van der Waals surface area contributed by atoms with Gasteiger partial charge in [0.1, 0.15) is 0 Å². The first-order valence-electron chi connectivity index (χ1n) is 6.46. The van der Waals surface area contributed by atoms with Gasteiger partial charge in [0.2, 0.25) is 0 Å². The van der Waals surface area contributed by atoms with E-state index in [1.54, 1.807) is 0 Å². The SMILES string of the molecule is NC1CCC(c2ccc(Cl)c(Cl)c2)c2ccccc21. The molecule has 0 amide bonds. The quantitative estimate of drug-likeness (QED) is 0.793. The normalized spacial score (nSPS) is 22.1. The molecule has 2 N–H and O–H groups in total. The van der Waals surface area contributed by atoms with E-state index < -0.39 is 0 Å². The third-order valence-electron chi connectivity index (χ3n) is 3.88. The van der Waals surface area contributed by atoms with Crippen LogP contribution in [-0.4, -0.2) is 0 Å². The van der Waals surface area contributed by atoms with Crippen molar-refractivity contribution in [3.63, 3.8) is 0 Å². The van der Waals surface area contributed by atoms with Crippen molar-refractivity contribution in [2.75, 3.05) is 0 Å². The van der Waals surface area contributed by atoms with Gasteiger partial charge < -0.3 is 5.73 Å². The molecule has 0 fully saturated rings. The topological polar surface area (TPSA) is 26.0 Å². The Kier molecular flexibility index (Phi) is 3.53. The first-order valence-corrected chi connectivity index (χ1v) is 7.22. The molecule has 0 radical (unpaired) electrons. The van der Waals surface area contributed by atoms with Crippen molar-refractivity contribution >= 4 is 23.2 Å². The standard InChI is InChI=1S/C16H15Cl2N/c17-14-7-5-10(9-15(14)18)11-6-8-16(19)13-4-2-1-3-12(11)13/h1-5,7,9,11,16H,6,8,19H2. The zero-order valence-corrected chi connectivity index (χ0v) is 12.0. The van der Waals surface area contributed by atoms with Gasteiger partial charge >= 0.3 is 0 Å².